The number of aryl methyl sites for hydroxylation is 1. The average molecular weight is 464 g/mol. The molecule has 0 aliphatic carbocycles. The van der Waals surface area contributed by atoms with E-state index >= 15 is 0 Å². The number of benzene rings is 2. The van der Waals surface area contributed by atoms with Crippen LogP contribution in [0.2, 0.25) is 0 Å². The van der Waals surface area contributed by atoms with Crippen LogP contribution in [0.15, 0.2) is 61.2 Å². The highest BCUT2D eigenvalue weighted by molar-refractivity contribution is 5.55. The smallest absolute Gasteiger partial charge is 0.245 e. The number of nitrogens with one attached hydrogen (secondary N) is 1. The SMILES string of the molecule is C=CCCc1nc(C(F)(F)CCC)nn1Cc1ccc(Cc2cccc(-c3nn[nH]n3)c2)cc1. The number of hydrogen-bond acceptors (Lipinski definition) is 5. The van der Waals surface area contributed by atoms with Crippen LogP contribution in [-0.4, -0.2) is 35.4 Å². The van der Waals surface area contributed by atoms with Gasteiger partial charge in [-0.3, -0.25) is 0 Å². The fourth-order valence-corrected chi connectivity index (χ4v) is 3.77. The van der Waals surface area contributed by atoms with Crippen molar-refractivity contribution in [2.75, 3.05) is 0 Å². The summed E-state index contributed by atoms with van der Waals surface area (Å²) in [5, 5.41) is 18.3. The number of aromatic amines is 1. The van der Waals surface area contributed by atoms with Crippen molar-refractivity contribution in [1.29, 1.82) is 0 Å². The zero-order chi connectivity index (χ0) is 24.0. The van der Waals surface area contributed by atoms with Gasteiger partial charge in [0.15, 0.2) is 0 Å². The zero-order valence-corrected chi connectivity index (χ0v) is 19.1. The van der Waals surface area contributed by atoms with Crippen LogP contribution in [0.5, 0.6) is 0 Å². The first-order chi connectivity index (χ1) is 16.5. The molecule has 7 nitrogen and oxygen atoms in total. The first-order valence-electron chi connectivity index (χ1n) is 11.3. The molecule has 0 spiro atoms. The van der Waals surface area contributed by atoms with E-state index in [1.807, 2.05) is 42.5 Å². The molecule has 0 aliphatic heterocycles. The van der Waals surface area contributed by atoms with Crippen molar-refractivity contribution in [3.05, 3.63) is 89.5 Å². The van der Waals surface area contributed by atoms with E-state index in [2.05, 4.69) is 43.4 Å². The third-order valence-corrected chi connectivity index (χ3v) is 5.51. The molecule has 0 amide bonds. The second-order valence-corrected chi connectivity index (χ2v) is 8.22. The van der Waals surface area contributed by atoms with Crippen LogP contribution in [0, 0.1) is 0 Å². The summed E-state index contributed by atoms with van der Waals surface area (Å²) in [5.74, 6) is -2.32. The fourth-order valence-electron chi connectivity index (χ4n) is 3.77. The van der Waals surface area contributed by atoms with Crippen LogP contribution in [0.4, 0.5) is 8.78 Å². The Hall–Kier alpha value is -3.75. The summed E-state index contributed by atoms with van der Waals surface area (Å²) in [6.07, 6.45) is 3.77. The van der Waals surface area contributed by atoms with Crippen LogP contribution in [0.3, 0.4) is 0 Å². The summed E-state index contributed by atoms with van der Waals surface area (Å²) in [4.78, 5) is 4.17. The maximum absolute atomic E-state index is 14.4. The third-order valence-electron chi connectivity index (χ3n) is 5.51. The molecule has 4 rings (SSSR count). The van der Waals surface area contributed by atoms with Gasteiger partial charge >= 0.3 is 5.92 Å². The van der Waals surface area contributed by atoms with Gasteiger partial charge in [-0.25, -0.2) is 9.67 Å². The van der Waals surface area contributed by atoms with Crippen molar-refractivity contribution in [1.82, 2.24) is 35.4 Å². The lowest BCUT2D eigenvalue weighted by Crippen LogP contribution is -2.15. The highest BCUT2D eigenvalue weighted by atomic mass is 19.3. The number of hydrogen-bond donors (Lipinski definition) is 1. The van der Waals surface area contributed by atoms with Crippen LogP contribution < -0.4 is 0 Å². The van der Waals surface area contributed by atoms with Crippen molar-refractivity contribution < 1.29 is 8.78 Å². The molecule has 0 aliphatic rings. The summed E-state index contributed by atoms with van der Waals surface area (Å²) in [6, 6.07) is 16.1. The van der Waals surface area contributed by atoms with Gasteiger partial charge < -0.3 is 0 Å². The topological polar surface area (TPSA) is 85.2 Å². The van der Waals surface area contributed by atoms with E-state index in [0.29, 0.717) is 37.5 Å². The zero-order valence-electron chi connectivity index (χ0n) is 19.1. The van der Waals surface area contributed by atoms with E-state index in [9.17, 15) is 8.78 Å². The second-order valence-electron chi connectivity index (χ2n) is 8.22. The summed E-state index contributed by atoms with van der Waals surface area (Å²) < 4.78 is 30.4. The number of aromatic nitrogens is 7. The Kier molecular flexibility index (Phi) is 7.20. The Morgan fingerprint density at radius 3 is 2.59 bits per heavy atom. The van der Waals surface area contributed by atoms with Gasteiger partial charge in [0, 0.05) is 18.4 Å². The molecule has 0 radical (unpaired) electrons. The number of halogens is 2. The van der Waals surface area contributed by atoms with Gasteiger partial charge in [0.2, 0.25) is 11.6 Å². The predicted molar refractivity (Wildman–Crippen MR) is 125 cm³/mol. The first-order valence-corrected chi connectivity index (χ1v) is 11.3. The largest absolute Gasteiger partial charge is 0.308 e. The van der Waals surface area contributed by atoms with Gasteiger partial charge in [-0.1, -0.05) is 55.5 Å². The van der Waals surface area contributed by atoms with Gasteiger partial charge in [-0.05, 0) is 47.2 Å². The molecule has 2 heterocycles. The molecule has 4 aromatic rings. The van der Waals surface area contributed by atoms with E-state index in [-0.39, 0.29) is 6.42 Å². The molecule has 0 unspecified atom stereocenters. The molecule has 1 N–H and O–H groups in total. The minimum Gasteiger partial charge on any atom is -0.245 e. The summed E-state index contributed by atoms with van der Waals surface area (Å²) in [6.45, 7) is 5.83. The molecule has 9 heteroatoms. The first kappa shape index (κ1) is 23.4. The van der Waals surface area contributed by atoms with E-state index in [4.69, 9.17) is 0 Å². The number of rotatable bonds is 11. The summed E-state index contributed by atoms with van der Waals surface area (Å²) in [7, 11) is 0. The minimum atomic E-state index is -3.02. The van der Waals surface area contributed by atoms with Gasteiger partial charge in [0.25, 0.3) is 0 Å². The molecule has 0 atom stereocenters. The summed E-state index contributed by atoms with van der Waals surface area (Å²) >= 11 is 0. The molecule has 2 aromatic heterocycles. The molecule has 34 heavy (non-hydrogen) atoms. The fraction of sp³-hybridized carbons (Fsp3) is 0.320. The average Bonchev–Trinajstić information content (AvgIpc) is 3.50. The van der Waals surface area contributed by atoms with E-state index < -0.39 is 11.7 Å². The number of H-pyrrole nitrogens is 1. The Morgan fingerprint density at radius 2 is 1.88 bits per heavy atom. The number of allylic oxidation sites excluding steroid dienone is 1. The van der Waals surface area contributed by atoms with E-state index in [1.54, 1.807) is 17.7 Å². The Balaban J connectivity index is 1.49. The van der Waals surface area contributed by atoms with Crippen LogP contribution in [-0.2, 0) is 25.3 Å². The van der Waals surface area contributed by atoms with Crippen LogP contribution in [0.25, 0.3) is 11.4 Å². The molecular formula is C25H27F2N7. The Morgan fingerprint density at radius 1 is 1.09 bits per heavy atom. The molecule has 2 aromatic carbocycles. The highest BCUT2D eigenvalue weighted by Crippen LogP contribution is 2.30. The Labute approximate surface area is 196 Å². The van der Waals surface area contributed by atoms with E-state index in [0.717, 1.165) is 28.7 Å². The lowest BCUT2D eigenvalue weighted by atomic mass is 10.0. The second kappa shape index (κ2) is 10.5. The van der Waals surface area contributed by atoms with Gasteiger partial charge in [-0.2, -0.15) is 14.0 Å². The molecule has 0 bridgehead atoms. The number of tetrazole rings is 1. The van der Waals surface area contributed by atoms with E-state index in [1.165, 1.54) is 0 Å². The van der Waals surface area contributed by atoms with Crippen molar-refractivity contribution in [3.8, 4) is 11.4 Å². The number of nitrogens with zero attached hydrogens (tertiary/aromatic N) is 6. The van der Waals surface area contributed by atoms with Crippen molar-refractivity contribution >= 4 is 0 Å². The quantitative estimate of drug-likeness (QED) is 0.313. The summed E-state index contributed by atoms with van der Waals surface area (Å²) in [5.41, 5.74) is 4.13. The van der Waals surface area contributed by atoms with Crippen LogP contribution >= 0.6 is 0 Å². The maximum Gasteiger partial charge on any atom is 0.308 e. The monoisotopic (exact) mass is 463 g/mol. The predicted octanol–water partition coefficient (Wildman–Crippen LogP) is 5.11. The minimum absolute atomic E-state index is 0.263. The third kappa shape index (κ3) is 5.59. The lowest BCUT2D eigenvalue weighted by molar-refractivity contribution is -0.0232. The van der Waals surface area contributed by atoms with Gasteiger partial charge in [-0.15, -0.1) is 21.9 Å². The Bertz CT molecular complexity index is 1210. The number of alkyl halides is 2. The molecule has 0 saturated heterocycles. The van der Waals surface area contributed by atoms with Crippen molar-refractivity contribution in [3.63, 3.8) is 0 Å². The standard InChI is InChI=1S/C25H27F2N7/c1-3-5-9-22-28-24(25(26,27)14-4-2)31-34(22)17-19-12-10-18(11-13-19)15-20-7-6-8-21(16-20)23-29-32-33-30-23/h3,6-8,10-13,16H,1,4-5,9,14-15,17H2,2H3,(H,29,30,32,33). The molecule has 176 valence electrons. The van der Waals surface area contributed by atoms with Gasteiger partial charge in [0.05, 0.1) is 6.54 Å². The highest BCUT2D eigenvalue weighted by Gasteiger charge is 2.36. The van der Waals surface area contributed by atoms with Crippen molar-refractivity contribution in [2.45, 2.75) is 51.5 Å². The molecule has 0 fully saturated rings. The van der Waals surface area contributed by atoms with Crippen molar-refractivity contribution in [2.24, 2.45) is 0 Å². The molecular weight excluding hydrogens is 436 g/mol. The van der Waals surface area contributed by atoms with Crippen LogP contribution in [0.1, 0.15) is 54.5 Å². The lowest BCUT2D eigenvalue weighted by Gasteiger charge is -2.10. The molecule has 0 saturated carbocycles. The normalized spacial score (nSPS) is 11.6. The van der Waals surface area contributed by atoms with Gasteiger partial charge in [0.1, 0.15) is 5.82 Å². The maximum atomic E-state index is 14.4.